The summed E-state index contributed by atoms with van der Waals surface area (Å²) in [4.78, 5) is 24.7. The fourth-order valence-corrected chi connectivity index (χ4v) is 2.21. The highest BCUT2D eigenvalue weighted by Crippen LogP contribution is 2.35. The van der Waals surface area contributed by atoms with Crippen molar-refractivity contribution in [2.24, 2.45) is 10.9 Å². The summed E-state index contributed by atoms with van der Waals surface area (Å²) in [7, 11) is 0. The molecule has 2 rings (SSSR count). The maximum Gasteiger partial charge on any atom is 0.199 e. The van der Waals surface area contributed by atoms with Crippen molar-refractivity contribution in [3.05, 3.63) is 46.6 Å². The molecule has 1 aromatic rings. The van der Waals surface area contributed by atoms with E-state index in [-0.39, 0.29) is 33.9 Å². The second-order valence-corrected chi connectivity index (χ2v) is 5.17. The minimum absolute atomic E-state index is 0.0263. The summed E-state index contributed by atoms with van der Waals surface area (Å²) in [6, 6.07) is 2.33. The highest BCUT2D eigenvalue weighted by molar-refractivity contribution is 6.37. The van der Waals surface area contributed by atoms with E-state index in [1.54, 1.807) is 0 Å². The van der Waals surface area contributed by atoms with E-state index in [4.69, 9.17) is 5.84 Å². The number of carbonyl (C=O) groups excluding carboxylic acids is 2. The summed E-state index contributed by atoms with van der Waals surface area (Å²) in [5, 5.41) is 23.2. The molecular weight excluding hydrogens is 284 g/mol. The smallest absolute Gasteiger partial charge is 0.199 e. The maximum atomic E-state index is 12.5. The molecule has 0 aliphatic heterocycles. The third-order valence-corrected chi connectivity index (χ3v) is 3.33. The predicted molar refractivity (Wildman–Crippen MR) is 82.2 cm³/mol. The number of phenolic OH excluding ortho intramolecular Hbond substituents is 2. The number of ketones is 2. The number of aromatic hydroxyl groups is 2. The molecule has 114 valence electrons. The molecule has 0 heterocycles. The molecule has 0 amide bonds. The second-order valence-electron chi connectivity index (χ2n) is 5.17. The van der Waals surface area contributed by atoms with Gasteiger partial charge in [-0.3, -0.25) is 9.59 Å². The van der Waals surface area contributed by atoms with E-state index < -0.39 is 11.6 Å². The van der Waals surface area contributed by atoms with Crippen LogP contribution in [0.1, 0.15) is 41.0 Å². The zero-order chi connectivity index (χ0) is 16.4. The van der Waals surface area contributed by atoms with Gasteiger partial charge in [0.15, 0.2) is 11.6 Å². The van der Waals surface area contributed by atoms with Gasteiger partial charge in [-0.15, -0.1) is 0 Å². The first kappa shape index (κ1) is 15.5. The van der Waals surface area contributed by atoms with Crippen LogP contribution in [0.3, 0.4) is 0 Å². The lowest BCUT2D eigenvalue weighted by Crippen LogP contribution is -2.23. The molecule has 0 aromatic heterocycles. The third-order valence-electron chi connectivity index (χ3n) is 3.33. The van der Waals surface area contributed by atoms with Crippen LogP contribution >= 0.6 is 0 Å². The zero-order valence-corrected chi connectivity index (χ0v) is 12.3. The van der Waals surface area contributed by atoms with Crippen LogP contribution in [-0.2, 0) is 0 Å². The van der Waals surface area contributed by atoms with Crippen LogP contribution in [0.4, 0.5) is 0 Å². The molecule has 22 heavy (non-hydrogen) atoms. The van der Waals surface area contributed by atoms with Gasteiger partial charge in [-0.1, -0.05) is 11.6 Å². The van der Waals surface area contributed by atoms with Gasteiger partial charge in [0.05, 0.1) is 22.4 Å². The van der Waals surface area contributed by atoms with E-state index >= 15 is 0 Å². The molecule has 1 aromatic carbocycles. The normalized spacial score (nSPS) is 14.5. The molecule has 6 nitrogen and oxygen atoms in total. The van der Waals surface area contributed by atoms with Crippen molar-refractivity contribution in [1.29, 1.82) is 0 Å². The molecule has 0 bridgehead atoms. The van der Waals surface area contributed by atoms with Crippen LogP contribution in [0.5, 0.6) is 11.5 Å². The van der Waals surface area contributed by atoms with Gasteiger partial charge in [-0.25, -0.2) is 0 Å². The van der Waals surface area contributed by atoms with Crippen molar-refractivity contribution in [3.8, 4) is 11.5 Å². The fraction of sp³-hybridized carbons (Fsp3) is 0.188. The molecule has 0 unspecified atom stereocenters. The van der Waals surface area contributed by atoms with Crippen molar-refractivity contribution >= 4 is 17.3 Å². The van der Waals surface area contributed by atoms with Crippen LogP contribution in [0.15, 0.2) is 40.5 Å². The highest BCUT2D eigenvalue weighted by Gasteiger charge is 2.32. The monoisotopic (exact) mass is 300 g/mol. The number of nitrogens with zero attached hydrogens (tertiary/aromatic N) is 1. The van der Waals surface area contributed by atoms with Gasteiger partial charge in [-0.2, -0.15) is 5.10 Å². The molecule has 6 heteroatoms. The van der Waals surface area contributed by atoms with E-state index in [1.165, 1.54) is 6.07 Å². The van der Waals surface area contributed by atoms with Gasteiger partial charge in [0.25, 0.3) is 0 Å². The molecule has 0 spiro atoms. The Morgan fingerprint density at radius 3 is 2.32 bits per heavy atom. The van der Waals surface area contributed by atoms with Crippen molar-refractivity contribution < 1.29 is 19.8 Å². The lowest BCUT2D eigenvalue weighted by atomic mass is 9.85. The number of carbonyl (C=O) groups is 2. The lowest BCUT2D eigenvalue weighted by Gasteiger charge is -2.17. The third kappa shape index (κ3) is 2.63. The first-order valence-corrected chi connectivity index (χ1v) is 6.63. The number of nitrogens with two attached hydrogens (primary N) is 1. The average Bonchev–Trinajstić information content (AvgIpc) is 2.46. The van der Waals surface area contributed by atoms with Gasteiger partial charge in [0.1, 0.15) is 11.5 Å². The summed E-state index contributed by atoms with van der Waals surface area (Å²) in [6.45, 7) is 3.77. The zero-order valence-electron chi connectivity index (χ0n) is 12.3. The number of fused-ring (bicyclic) bond motifs is 1. The Labute approximate surface area is 127 Å². The average molecular weight is 300 g/mol. The van der Waals surface area contributed by atoms with Gasteiger partial charge in [-0.05, 0) is 32.1 Å². The number of phenols is 2. The first-order valence-electron chi connectivity index (χ1n) is 6.63. The number of rotatable bonds is 3. The van der Waals surface area contributed by atoms with Crippen molar-refractivity contribution in [2.45, 2.75) is 20.3 Å². The van der Waals surface area contributed by atoms with Crippen LogP contribution < -0.4 is 5.84 Å². The molecule has 0 saturated heterocycles. The van der Waals surface area contributed by atoms with Crippen LogP contribution in [0, 0.1) is 0 Å². The molecule has 0 radical (unpaired) electrons. The lowest BCUT2D eigenvalue weighted by molar-refractivity contribution is 0.0984. The minimum Gasteiger partial charge on any atom is -0.507 e. The first-order chi connectivity index (χ1) is 10.4. The summed E-state index contributed by atoms with van der Waals surface area (Å²) in [6.07, 6.45) is 3.20. The van der Waals surface area contributed by atoms with Crippen LogP contribution in [0.2, 0.25) is 0 Å². The molecule has 1 aliphatic rings. The summed E-state index contributed by atoms with van der Waals surface area (Å²) < 4.78 is 0. The maximum absolute atomic E-state index is 12.5. The Bertz CT molecular complexity index is 754. The quantitative estimate of drug-likeness (QED) is 0.260. The number of allylic oxidation sites excluding steroid dienone is 4. The summed E-state index contributed by atoms with van der Waals surface area (Å²) in [5.74, 6) is 3.45. The van der Waals surface area contributed by atoms with Gasteiger partial charge in [0, 0.05) is 6.42 Å². The number of hydrazone groups is 1. The fourth-order valence-electron chi connectivity index (χ4n) is 2.21. The number of Topliss-reactive ketones (excluding diaryl/α,β-unsaturated/α-hetero) is 1. The van der Waals surface area contributed by atoms with Gasteiger partial charge >= 0.3 is 0 Å². The summed E-state index contributed by atoms with van der Waals surface area (Å²) in [5.41, 5.74) is 0.858. The summed E-state index contributed by atoms with van der Waals surface area (Å²) >= 11 is 0. The molecule has 0 saturated carbocycles. The Morgan fingerprint density at radius 2 is 1.77 bits per heavy atom. The van der Waals surface area contributed by atoms with Crippen LogP contribution in [-0.4, -0.2) is 27.5 Å². The van der Waals surface area contributed by atoms with E-state index in [1.807, 2.05) is 19.9 Å². The van der Waals surface area contributed by atoms with E-state index in [0.29, 0.717) is 6.42 Å². The SMILES string of the molecule is CC(C)=CC/C(=N\N)C1=CC(=O)c2c(O)ccc(O)c2C1=O. The van der Waals surface area contributed by atoms with Crippen molar-refractivity contribution in [2.75, 3.05) is 0 Å². The number of hydrogen-bond donors (Lipinski definition) is 3. The number of benzene rings is 1. The van der Waals surface area contributed by atoms with E-state index in [2.05, 4.69) is 5.10 Å². The standard InChI is InChI=1S/C16H16N2O4/c1-8(2)3-4-10(18-17)9-7-13(21)14-11(19)5-6-12(20)15(14)16(9)22/h3,5-7,19-20H,4,17H2,1-2H3/b18-10+. The predicted octanol–water partition coefficient (Wildman–Crippen LogP) is 2.07. The molecule has 1 aliphatic carbocycles. The topological polar surface area (TPSA) is 113 Å². The molecule has 0 atom stereocenters. The van der Waals surface area contributed by atoms with Gasteiger partial charge < -0.3 is 16.1 Å². The van der Waals surface area contributed by atoms with Crippen LogP contribution in [0.25, 0.3) is 0 Å². The Kier molecular flexibility index (Phi) is 4.12. The largest absolute Gasteiger partial charge is 0.507 e. The Balaban J connectivity index is 2.54. The minimum atomic E-state index is -0.589. The highest BCUT2D eigenvalue weighted by atomic mass is 16.3. The molecular formula is C16H16N2O4. The molecule has 4 N–H and O–H groups in total. The van der Waals surface area contributed by atoms with Crippen molar-refractivity contribution in [3.63, 3.8) is 0 Å². The van der Waals surface area contributed by atoms with Gasteiger partial charge in [0.2, 0.25) is 0 Å². The second kappa shape index (κ2) is 5.85. The number of hydrogen-bond acceptors (Lipinski definition) is 6. The van der Waals surface area contributed by atoms with Crippen molar-refractivity contribution in [1.82, 2.24) is 0 Å². The Hall–Kier alpha value is -2.89. The van der Waals surface area contributed by atoms with E-state index in [0.717, 1.165) is 17.7 Å². The Morgan fingerprint density at radius 1 is 1.18 bits per heavy atom. The molecule has 0 fully saturated rings. The van der Waals surface area contributed by atoms with E-state index in [9.17, 15) is 19.8 Å².